The molecule has 2 unspecified atom stereocenters. The van der Waals surface area contributed by atoms with Crippen molar-refractivity contribution in [1.82, 2.24) is 46.3 Å². The molecule has 0 saturated heterocycles. The molecule has 0 fully saturated rings. The van der Waals surface area contributed by atoms with Gasteiger partial charge in [-0.15, -0.1) is 11.3 Å². The number of hydrogen-bond acceptors (Lipinski definition) is 15. The van der Waals surface area contributed by atoms with Crippen LogP contribution in [0, 0.1) is 6.92 Å². The highest BCUT2D eigenvalue weighted by Crippen LogP contribution is 2.20. The Labute approximate surface area is 393 Å². The lowest BCUT2D eigenvalue weighted by Gasteiger charge is -2.29. The number of carbonyl (C=O) groups excluding carboxylic acids is 4. The van der Waals surface area contributed by atoms with E-state index in [1.54, 1.807) is 16.7 Å². The van der Waals surface area contributed by atoms with Gasteiger partial charge < -0.3 is 52.1 Å². The van der Waals surface area contributed by atoms with Gasteiger partial charge >= 0.3 is 35.9 Å². The van der Waals surface area contributed by atoms with Gasteiger partial charge in [-0.1, -0.05) is 42.5 Å². The molecule has 4 rings (SSSR count). The first-order chi connectivity index (χ1) is 32.4. The van der Waals surface area contributed by atoms with Gasteiger partial charge in [0.1, 0.15) is 34.2 Å². The number of urea groups is 1. The van der Waals surface area contributed by atoms with E-state index in [-0.39, 0.29) is 102 Å². The van der Waals surface area contributed by atoms with Crippen LogP contribution in [0.1, 0.15) is 45.2 Å². The van der Waals surface area contributed by atoms with Crippen molar-refractivity contribution >= 4 is 81.4 Å². The quantitative estimate of drug-likeness (QED) is 0.0525. The number of aromatic nitrogens is 1. The summed E-state index contributed by atoms with van der Waals surface area (Å²) in [6, 6.07) is 9.89. The molecule has 2 heterocycles. The van der Waals surface area contributed by atoms with E-state index in [0.29, 0.717) is 17.1 Å². The zero-order valence-corrected chi connectivity index (χ0v) is 38.1. The summed E-state index contributed by atoms with van der Waals surface area (Å²) in [6.07, 6.45) is 0.624. The number of thiazole rings is 1. The van der Waals surface area contributed by atoms with Gasteiger partial charge in [0, 0.05) is 52.2 Å². The van der Waals surface area contributed by atoms with Crippen molar-refractivity contribution in [2.75, 3.05) is 78.5 Å². The number of benzene rings is 2. The topological polar surface area (TPSA) is 350 Å². The lowest BCUT2D eigenvalue weighted by molar-refractivity contribution is -0.140. The van der Waals surface area contributed by atoms with Crippen molar-refractivity contribution in [3.63, 3.8) is 0 Å². The largest absolute Gasteiger partial charge is 0.480 e. The van der Waals surface area contributed by atoms with Crippen LogP contribution < -0.4 is 26.6 Å². The highest BCUT2D eigenvalue weighted by atomic mass is 32.1. The van der Waals surface area contributed by atoms with Gasteiger partial charge in [-0.2, -0.15) is 0 Å². The van der Waals surface area contributed by atoms with Crippen LogP contribution in [0.4, 0.5) is 4.79 Å². The van der Waals surface area contributed by atoms with Crippen LogP contribution >= 0.6 is 11.3 Å². The zero-order chi connectivity index (χ0) is 49.8. The Kier molecular flexibility index (Phi) is 21.2. The van der Waals surface area contributed by atoms with Crippen LogP contribution in [-0.2, 0) is 46.5 Å². The number of hydrogen-bond donors (Lipinski definition) is 10. The highest BCUT2D eigenvalue weighted by Gasteiger charge is 2.27. The van der Waals surface area contributed by atoms with Gasteiger partial charge in [0.2, 0.25) is 5.91 Å². The highest BCUT2D eigenvalue weighted by molar-refractivity contribution is 7.13. The van der Waals surface area contributed by atoms with Crippen LogP contribution in [0.3, 0.4) is 0 Å². The van der Waals surface area contributed by atoms with E-state index < -0.39 is 78.8 Å². The molecule has 5 amide bonds. The average Bonchev–Trinajstić information content (AvgIpc) is 3.65. The maximum Gasteiger partial charge on any atom is 0.326 e. The molecule has 10 N–H and O–H groups in total. The fraction of sp³-hybridized carbons (Fsp3) is 0.465. The zero-order valence-electron chi connectivity index (χ0n) is 37.3. The number of carbonyl (C=O) groups is 9. The summed E-state index contributed by atoms with van der Waals surface area (Å²) in [5, 5.41) is 61.5. The fourth-order valence-electron chi connectivity index (χ4n) is 7.09. The molecular formula is C43H56N10O14S. The van der Waals surface area contributed by atoms with Gasteiger partial charge in [0.05, 0.1) is 38.4 Å². The summed E-state index contributed by atoms with van der Waals surface area (Å²) >= 11 is 0.970. The normalized spacial score (nSPS) is 15.8. The number of nitrogens with zero attached hydrogens (tertiary/aromatic N) is 5. The lowest BCUT2D eigenvalue weighted by atomic mass is 10.0. The third-order valence-electron chi connectivity index (χ3n) is 10.4. The molecule has 2 aromatic carbocycles. The van der Waals surface area contributed by atoms with Gasteiger partial charge in [-0.25, -0.2) is 14.6 Å². The molecule has 24 nitrogen and oxygen atoms in total. The lowest BCUT2D eigenvalue weighted by Crippen LogP contribution is -2.48. The van der Waals surface area contributed by atoms with Crippen molar-refractivity contribution in [3.05, 3.63) is 63.6 Å². The molecule has 0 spiro atoms. The Morgan fingerprint density at radius 3 is 1.97 bits per heavy atom. The fourth-order valence-corrected chi connectivity index (χ4v) is 7.99. The molecule has 368 valence electrons. The number of fused-ring (bicyclic) bond motifs is 1. The van der Waals surface area contributed by atoms with Gasteiger partial charge in [-0.05, 0) is 42.5 Å². The molecule has 68 heavy (non-hydrogen) atoms. The number of rotatable bonds is 23. The summed E-state index contributed by atoms with van der Waals surface area (Å²) in [5.41, 5.74) is 0.994. The maximum atomic E-state index is 13.9. The molecule has 0 radical (unpaired) electrons. The molecule has 0 aliphatic carbocycles. The summed E-state index contributed by atoms with van der Waals surface area (Å²) in [6.45, 7) is 0.0273. The minimum Gasteiger partial charge on any atom is -0.480 e. The predicted octanol–water partition coefficient (Wildman–Crippen LogP) is -0.700. The molecule has 0 bridgehead atoms. The predicted molar refractivity (Wildman–Crippen MR) is 245 cm³/mol. The van der Waals surface area contributed by atoms with Crippen LogP contribution in [0.25, 0.3) is 10.8 Å². The second-order valence-electron chi connectivity index (χ2n) is 15.8. The third kappa shape index (κ3) is 18.7. The summed E-state index contributed by atoms with van der Waals surface area (Å²) in [7, 11) is 0. The van der Waals surface area contributed by atoms with E-state index in [1.165, 1.54) is 4.90 Å². The van der Waals surface area contributed by atoms with E-state index in [2.05, 4.69) is 31.2 Å². The molecule has 3 aromatic rings. The second-order valence-corrected chi connectivity index (χ2v) is 16.9. The molecular weight excluding hydrogens is 913 g/mol. The summed E-state index contributed by atoms with van der Waals surface area (Å²) in [4.78, 5) is 124. The second kappa shape index (κ2) is 26.9. The smallest absolute Gasteiger partial charge is 0.326 e. The molecule has 25 heteroatoms. The van der Waals surface area contributed by atoms with Crippen molar-refractivity contribution in [2.45, 2.75) is 51.2 Å². The van der Waals surface area contributed by atoms with Gasteiger partial charge in [0.15, 0.2) is 0 Å². The van der Waals surface area contributed by atoms with Crippen LogP contribution in [-0.4, -0.2) is 195 Å². The number of amides is 5. The minimum atomic E-state index is -1.33. The number of aliphatic carboxylic acids is 5. The Morgan fingerprint density at radius 2 is 1.32 bits per heavy atom. The molecule has 1 aliphatic heterocycles. The van der Waals surface area contributed by atoms with Crippen LogP contribution in [0.5, 0.6) is 0 Å². The number of aryl methyl sites for hydroxylation is 1. The van der Waals surface area contributed by atoms with Crippen molar-refractivity contribution in [3.8, 4) is 0 Å². The Balaban J connectivity index is 1.45. The molecule has 2 atom stereocenters. The summed E-state index contributed by atoms with van der Waals surface area (Å²) < 4.78 is 0. The first-order valence-corrected chi connectivity index (χ1v) is 22.3. The number of carboxylic acids is 5. The van der Waals surface area contributed by atoms with Crippen molar-refractivity contribution in [1.29, 1.82) is 0 Å². The number of nitrogens with one attached hydrogen (secondary N) is 5. The third-order valence-corrected chi connectivity index (χ3v) is 11.6. The Bertz CT molecular complexity index is 2340. The van der Waals surface area contributed by atoms with Crippen molar-refractivity contribution in [2.24, 2.45) is 4.99 Å². The SMILES string of the molecule is Cc1nc(CNC(=O)/C2=N\CCN(CC(=O)O)CCN(CC(=O)O)CCN(CC(=O)O)C2)sc1C(=O)NC(Cc1ccc2ccccc2c1)C(=O)NCCCCC(NC(=O)NCC(=O)O)C(=O)O. The first-order valence-electron chi connectivity index (χ1n) is 21.5. The summed E-state index contributed by atoms with van der Waals surface area (Å²) in [5.74, 6) is -7.86. The van der Waals surface area contributed by atoms with E-state index in [0.717, 1.165) is 27.7 Å². The molecule has 0 saturated carbocycles. The standard InChI is InChI=1S/C43H56N10O14S/c1-26-38(68-33(48-26)20-46-40(63)32-22-53(25-37(60)61)17-16-52(24-36(58)59)15-14-51(13-12-44-32)23-35(56)57)41(64)49-31(19-27-9-10-28-6-2-3-7-29(28)18-27)39(62)45-11-5-4-8-30(42(65)66)50-43(67)47-21-34(54)55/h2-3,6-7,9-10,18,30-31H,4-5,8,11-17,19-25H2,1H3,(H,45,62)(H,46,63)(H,49,64)(H,54,55)(H,56,57)(H,58,59)(H,60,61)(H,65,66)(H2,47,50,67)/b44-32-. The number of carboxylic acid groups (broad SMARTS) is 5. The monoisotopic (exact) mass is 968 g/mol. The van der Waals surface area contributed by atoms with E-state index in [1.807, 2.05) is 47.8 Å². The number of aliphatic imine (C=N–C) groups is 1. The Hall–Kier alpha value is -7.09. The average molecular weight is 969 g/mol. The maximum absolute atomic E-state index is 13.9. The Morgan fingerprint density at radius 1 is 0.691 bits per heavy atom. The van der Waals surface area contributed by atoms with Crippen molar-refractivity contribution < 1.29 is 68.7 Å². The van der Waals surface area contributed by atoms with Crippen LogP contribution in [0.15, 0.2) is 47.5 Å². The van der Waals surface area contributed by atoms with E-state index in [9.17, 15) is 63.6 Å². The van der Waals surface area contributed by atoms with Gasteiger partial charge in [0.25, 0.3) is 11.8 Å². The van der Waals surface area contributed by atoms with E-state index >= 15 is 0 Å². The van der Waals surface area contributed by atoms with Crippen LogP contribution in [0.2, 0.25) is 0 Å². The molecule has 1 aliphatic rings. The van der Waals surface area contributed by atoms with E-state index in [4.69, 9.17) is 5.11 Å². The molecule has 1 aromatic heterocycles. The first kappa shape index (κ1) is 53.5. The minimum absolute atomic E-state index is 0.0178. The number of unbranched alkanes of at least 4 members (excludes halogenated alkanes) is 1. The van der Waals surface area contributed by atoms with Gasteiger partial charge in [-0.3, -0.25) is 53.3 Å².